The number of hydrogen-bond acceptors (Lipinski definition) is 8. The van der Waals surface area contributed by atoms with Crippen LogP contribution in [0.4, 0.5) is 0 Å². The second-order valence-electron chi connectivity index (χ2n) is 3.35. The molecule has 0 spiro atoms. The van der Waals surface area contributed by atoms with Crippen LogP contribution in [0.1, 0.15) is 0 Å². The summed E-state index contributed by atoms with van der Waals surface area (Å²) in [5.74, 6) is -4.57. The van der Waals surface area contributed by atoms with Gasteiger partial charge in [-0.3, -0.25) is 0 Å². The highest BCUT2D eigenvalue weighted by molar-refractivity contribution is 5.83. The van der Waals surface area contributed by atoms with Gasteiger partial charge in [0.05, 0.1) is 26.4 Å². The molecule has 2 N–H and O–H groups in total. The molecule has 0 rings (SSSR count). The maximum atomic E-state index is 11.0. The SMILES string of the molecule is C=CC(=O)OC(O)(COCCOCCO)OC(=O)C=C. The smallest absolute Gasteiger partial charge is 0.394 e. The van der Waals surface area contributed by atoms with Crippen molar-refractivity contribution < 1.29 is 38.7 Å². The van der Waals surface area contributed by atoms with Crippen molar-refractivity contribution in [2.75, 3.05) is 33.0 Å². The van der Waals surface area contributed by atoms with Crippen molar-refractivity contribution in [1.29, 1.82) is 0 Å². The summed E-state index contributed by atoms with van der Waals surface area (Å²) < 4.78 is 18.8. The van der Waals surface area contributed by atoms with Crippen LogP contribution < -0.4 is 0 Å². The lowest BCUT2D eigenvalue weighted by Gasteiger charge is -2.25. The predicted octanol–water partition coefficient (Wildman–Crippen LogP) is -0.884. The summed E-state index contributed by atoms with van der Waals surface area (Å²) in [6, 6.07) is 0. The van der Waals surface area contributed by atoms with Gasteiger partial charge in [-0.1, -0.05) is 13.2 Å². The van der Waals surface area contributed by atoms with E-state index in [4.69, 9.17) is 14.6 Å². The Morgan fingerprint density at radius 1 is 1.00 bits per heavy atom. The summed E-state index contributed by atoms with van der Waals surface area (Å²) >= 11 is 0. The first-order chi connectivity index (χ1) is 9.47. The molecule has 0 amide bonds. The molecule has 8 nitrogen and oxygen atoms in total. The Labute approximate surface area is 116 Å². The Bertz CT molecular complexity index is 316. The molecule has 0 aliphatic heterocycles. The molecular weight excluding hydrogens is 272 g/mol. The van der Waals surface area contributed by atoms with Gasteiger partial charge in [0.1, 0.15) is 0 Å². The van der Waals surface area contributed by atoms with Crippen molar-refractivity contribution >= 4 is 11.9 Å². The molecule has 0 saturated heterocycles. The third kappa shape index (κ3) is 8.38. The van der Waals surface area contributed by atoms with E-state index in [1.807, 2.05) is 0 Å². The molecule has 8 heteroatoms. The summed E-state index contributed by atoms with van der Waals surface area (Å²) in [7, 11) is 0. The number of aliphatic hydroxyl groups excluding tert-OH is 1. The largest absolute Gasteiger partial charge is 0.398 e. The number of aliphatic hydroxyl groups is 2. The van der Waals surface area contributed by atoms with Crippen LogP contribution in [-0.4, -0.2) is 61.2 Å². The Kier molecular flexibility index (Phi) is 9.22. The summed E-state index contributed by atoms with van der Waals surface area (Å²) in [4.78, 5) is 22.1. The third-order valence-electron chi connectivity index (χ3n) is 1.75. The van der Waals surface area contributed by atoms with Crippen LogP contribution in [0.3, 0.4) is 0 Å². The monoisotopic (exact) mass is 290 g/mol. The van der Waals surface area contributed by atoms with Crippen molar-refractivity contribution in [1.82, 2.24) is 0 Å². The first-order valence-electron chi connectivity index (χ1n) is 5.67. The van der Waals surface area contributed by atoms with Crippen molar-refractivity contribution in [2.45, 2.75) is 5.97 Å². The van der Waals surface area contributed by atoms with Crippen LogP contribution in [0.25, 0.3) is 0 Å². The molecule has 20 heavy (non-hydrogen) atoms. The summed E-state index contributed by atoms with van der Waals surface area (Å²) in [6.45, 7) is 5.85. The molecule has 0 saturated carbocycles. The molecular formula is C12H18O8. The number of carbonyl (C=O) groups is 2. The normalized spacial score (nSPS) is 10.7. The Morgan fingerprint density at radius 3 is 1.95 bits per heavy atom. The highest BCUT2D eigenvalue weighted by atomic mass is 16.9. The van der Waals surface area contributed by atoms with Gasteiger partial charge in [-0.15, -0.1) is 0 Å². The quantitative estimate of drug-likeness (QED) is 0.218. The highest BCUT2D eigenvalue weighted by Crippen LogP contribution is 2.11. The summed E-state index contributed by atoms with van der Waals surface area (Å²) in [6.07, 6.45) is 1.58. The number of esters is 2. The topological polar surface area (TPSA) is 112 Å². The molecule has 0 aromatic rings. The van der Waals surface area contributed by atoms with E-state index in [1.54, 1.807) is 0 Å². The van der Waals surface area contributed by atoms with Gasteiger partial charge in [0.15, 0.2) is 6.61 Å². The van der Waals surface area contributed by atoms with Crippen LogP contribution in [0, 0.1) is 0 Å². The zero-order valence-electron chi connectivity index (χ0n) is 10.9. The molecule has 0 aliphatic carbocycles. The van der Waals surface area contributed by atoms with E-state index in [0.29, 0.717) is 0 Å². The van der Waals surface area contributed by atoms with Crippen LogP contribution in [-0.2, 0) is 28.5 Å². The van der Waals surface area contributed by atoms with Crippen LogP contribution in [0.15, 0.2) is 25.3 Å². The second kappa shape index (κ2) is 10.1. The Morgan fingerprint density at radius 2 is 1.50 bits per heavy atom. The van der Waals surface area contributed by atoms with Crippen molar-refractivity contribution in [3.8, 4) is 0 Å². The van der Waals surface area contributed by atoms with Gasteiger partial charge in [-0.25, -0.2) is 9.59 Å². The maximum Gasteiger partial charge on any atom is 0.398 e. The minimum absolute atomic E-state index is 0.0274. The predicted molar refractivity (Wildman–Crippen MR) is 66.3 cm³/mol. The fraction of sp³-hybridized carbons (Fsp3) is 0.500. The van der Waals surface area contributed by atoms with Crippen LogP contribution >= 0.6 is 0 Å². The molecule has 0 aliphatic rings. The van der Waals surface area contributed by atoms with Gasteiger partial charge in [-0.2, -0.15) is 0 Å². The molecule has 0 atom stereocenters. The van der Waals surface area contributed by atoms with E-state index in [9.17, 15) is 14.7 Å². The van der Waals surface area contributed by atoms with E-state index in [-0.39, 0.29) is 26.4 Å². The number of hydrogen-bond donors (Lipinski definition) is 2. The lowest BCUT2D eigenvalue weighted by molar-refractivity contribution is -0.338. The lowest BCUT2D eigenvalue weighted by atomic mass is 10.5. The van der Waals surface area contributed by atoms with Gasteiger partial charge in [0, 0.05) is 12.2 Å². The third-order valence-corrected chi connectivity index (χ3v) is 1.75. The van der Waals surface area contributed by atoms with Crippen molar-refractivity contribution in [3.05, 3.63) is 25.3 Å². The fourth-order valence-corrected chi connectivity index (χ4v) is 0.963. The van der Waals surface area contributed by atoms with Crippen molar-refractivity contribution in [3.63, 3.8) is 0 Å². The Hall–Kier alpha value is -1.74. The van der Waals surface area contributed by atoms with Gasteiger partial charge in [-0.05, 0) is 0 Å². The standard InChI is InChI=1S/C12H18O8/c1-3-10(14)19-12(16,20-11(15)4-2)9-18-8-7-17-6-5-13/h3-4,13,16H,1-2,5-9H2. The highest BCUT2D eigenvalue weighted by Gasteiger charge is 2.36. The molecule has 0 unspecified atom stereocenters. The van der Waals surface area contributed by atoms with Gasteiger partial charge < -0.3 is 29.2 Å². The minimum atomic E-state index is -2.58. The summed E-state index contributed by atoms with van der Waals surface area (Å²) in [5, 5.41) is 18.3. The van der Waals surface area contributed by atoms with E-state index in [0.717, 1.165) is 12.2 Å². The molecule has 0 fully saturated rings. The molecule has 0 aromatic carbocycles. The zero-order chi connectivity index (χ0) is 15.4. The van der Waals surface area contributed by atoms with Gasteiger partial charge in [0.2, 0.25) is 0 Å². The average Bonchev–Trinajstić information content (AvgIpc) is 2.42. The molecule has 0 radical (unpaired) electrons. The summed E-state index contributed by atoms with van der Waals surface area (Å²) in [5.41, 5.74) is 0. The van der Waals surface area contributed by atoms with E-state index < -0.39 is 24.5 Å². The molecule has 0 heterocycles. The number of carbonyl (C=O) groups excluding carboxylic acids is 2. The van der Waals surface area contributed by atoms with E-state index in [1.165, 1.54) is 0 Å². The van der Waals surface area contributed by atoms with E-state index in [2.05, 4.69) is 22.6 Å². The zero-order valence-corrected chi connectivity index (χ0v) is 10.9. The molecule has 0 bridgehead atoms. The number of rotatable bonds is 11. The fourth-order valence-electron chi connectivity index (χ4n) is 0.963. The average molecular weight is 290 g/mol. The Balaban J connectivity index is 4.30. The second-order valence-corrected chi connectivity index (χ2v) is 3.35. The van der Waals surface area contributed by atoms with Gasteiger partial charge in [0.25, 0.3) is 0 Å². The first kappa shape index (κ1) is 18.3. The number of ether oxygens (including phenoxy) is 4. The van der Waals surface area contributed by atoms with E-state index >= 15 is 0 Å². The van der Waals surface area contributed by atoms with Crippen LogP contribution in [0.2, 0.25) is 0 Å². The first-order valence-corrected chi connectivity index (χ1v) is 5.67. The van der Waals surface area contributed by atoms with Crippen LogP contribution in [0.5, 0.6) is 0 Å². The molecule has 0 aromatic heterocycles. The van der Waals surface area contributed by atoms with Gasteiger partial charge >= 0.3 is 17.9 Å². The minimum Gasteiger partial charge on any atom is -0.394 e. The van der Waals surface area contributed by atoms with Crippen molar-refractivity contribution in [2.24, 2.45) is 0 Å². The lowest BCUT2D eigenvalue weighted by Crippen LogP contribution is -2.44. The molecule has 114 valence electrons. The maximum absolute atomic E-state index is 11.0.